The van der Waals surface area contributed by atoms with Gasteiger partial charge in [0.05, 0.1) is 11.9 Å². The van der Waals surface area contributed by atoms with Gasteiger partial charge in [-0.2, -0.15) is 0 Å². The Morgan fingerprint density at radius 3 is 3.04 bits per heavy atom. The molecule has 5 rings (SSSR count). The molecule has 4 heterocycles. The van der Waals surface area contributed by atoms with Gasteiger partial charge in [-0.15, -0.1) is 0 Å². The van der Waals surface area contributed by atoms with E-state index in [1.165, 1.54) is 29.3 Å². The van der Waals surface area contributed by atoms with Gasteiger partial charge in [-0.1, -0.05) is 12.1 Å². The number of likely N-dealkylation sites (tertiary alicyclic amines) is 1. The molecule has 0 amide bonds. The van der Waals surface area contributed by atoms with Crippen molar-refractivity contribution in [3.8, 4) is 11.5 Å². The number of imidazole rings is 1. The molecule has 1 saturated heterocycles. The maximum atomic E-state index is 4.77. The third-order valence-electron chi connectivity index (χ3n) is 5.55. The van der Waals surface area contributed by atoms with Crippen molar-refractivity contribution in [2.24, 2.45) is 5.92 Å². The van der Waals surface area contributed by atoms with E-state index in [1.807, 2.05) is 18.6 Å². The van der Waals surface area contributed by atoms with Crippen molar-refractivity contribution < 1.29 is 0 Å². The standard InChI is InChI=1S/C22H24N6/c1-2-16(10-19-12-23-13-21(27-19)22-25-7-8-26-22)14-28(9-1)15-17-3-4-18-5-6-24-20(18)11-17/h3-8,11-13,16,24H,1-2,9-10,14-15H2,(H,25,26)/t16-/m0/s1. The Hall–Kier alpha value is -2.99. The van der Waals surface area contributed by atoms with Crippen LogP contribution in [0.25, 0.3) is 22.4 Å². The molecule has 142 valence electrons. The molecule has 1 aromatic carbocycles. The molecule has 0 bridgehead atoms. The van der Waals surface area contributed by atoms with Gasteiger partial charge >= 0.3 is 0 Å². The van der Waals surface area contributed by atoms with Gasteiger partial charge in [-0.05, 0) is 54.8 Å². The minimum absolute atomic E-state index is 0.615. The quantitative estimate of drug-likeness (QED) is 0.559. The molecule has 1 atom stereocenters. The number of nitrogens with zero attached hydrogens (tertiary/aromatic N) is 4. The minimum atomic E-state index is 0.615. The first kappa shape index (κ1) is 17.1. The van der Waals surface area contributed by atoms with E-state index in [1.54, 1.807) is 12.4 Å². The van der Waals surface area contributed by atoms with Crippen LogP contribution in [0, 0.1) is 5.92 Å². The van der Waals surface area contributed by atoms with Crippen LogP contribution in [0.3, 0.4) is 0 Å². The van der Waals surface area contributed by atoms with E-state index in [2.05, 4.69) is 49.1 Å². The number of nitrogens with one attached hydrogen (secondary N) is 2. The van der Waals surface area contributed by atoms with Crippen LogP contribution < -0.4 is 0 Å². The summed E-state index contributed by atoms with van der Waals surface area (Å²) >= 11 is 0. The Labute approximate surface area is 164 Å². The summed E-state index contributed by atoms with van der Waals surface area (Å²) in [6, 6.07) is 8.85. The first-order chi connectivity index (χ1) is 13.8. The first-order valence-corrected chi connectivity index (χ1v) is 9.92. The lowest BCUT2D eigenvalue weighted by molar-refractivity contribution is 0.166. The second-order valence-corrected chi connectivity index (χ2v) is 7.68. The van der Waals surface area contributed by atoms with E-state index in [9.17, 15) is 0 Å². The van der Waals surface area contributed by atoms with Gasteiger partial charge in [0.25, 0.3) is 0 Å². The molecule has 1 fully saturated rings. The number of piperidine rings is 1. The van der Waals surface area contributed by atoms with Crippen molar-refractivity contribution in [1.82, 2.24) is 29.8 Å². The molecule has 1 aliphatic heterocycles. The number of aromatic amines is 2. The van der Waals surface area contributed by atoms with E-state index in [4.69, 9.17) is 4.98 Å². The van der Waals surface area contributed by atoms with Crippen molar-refractivity contribution >= 4 is 10.9 Å². The van der Waals surface area contributed by atoms with Gasteiger partial charge in [0, 0.05) is 43.4 Å². The molecule has 0 unspecified atom stereocenters. The maximum absolute atomic E-state index is 4.77. The van der Waals surface area contributed by atoms with Crippen LogP contribution in [0.2, 0.25) is 0 Å². The lowest BCUT2D eigenvalue weighted by atomic mass is 9.93. The largest absolute Gasteiger partial charge is 0.361 e. The highest BCUT2D eigenvalue weighted by Gasteiger charge is 2.21. The molecule has 0 aliphatic carbocycles. The third kappa shape index (κ3) is 3.68. The molecular weight excluding hydrogens is 348 g/mol. The molecule has 0 spiro atoms. The van der Waals surface area contributed by atoms with E-state index in [-0.39, 0.29) is 0 Å². The summed E-state index contributed by atoms with van der Waals surface area (Å²) in [5.41, 5.74) is 4.45. The SMILES string of the molecule is c1c[nH]c(-c2cncc(C[C@@H]3CCCN(Cc4ccc5cc[nH]c5c4)C3)n2)n1. The first-order valence-electron chi connectivity index (χ1n) is 9.92. The van der Waals surface area contributed by atoms with Gasteiger partial charge < -0.3 is 9.97 Å². The average molecular weight is 372 g/mol. The smallest absolute Gasteiger partial charge is 0.157 e. The molecule has 2 N–H and O–H groups in total. The van der Waals surface area contributed by atoms with Crippen LogP contribution in [-0.2, 0) is 13.0 Å². The van der Waals surface area contributed by atoms with Gasteiger partial charge in [-0.3, -0.25) is 9.88 Å². The number of hydrogen-bond donors (Lipinski definition) is 2. The van der Waals surface area contributed by atoms with Gasteiger partial charge in [0.15, 0.2) is 5.82 Å². The van der Waals surface area contributed by atoms with Crippen LogP contribution in [0.15, 0.2) is 55.2 Å². The van der Waals surface area contributed by atoms with Crippen LogP contribution in [-0.4, -0.2) is 42.9 Å². The number of rotatable bonds is 5. The predicted molar refractivity (Wildman–Crippen MR) is 110 cm³/mol. The third-order valence-corrected chi connectivity index (χ3v) is 5.55. The lowest BCUT2D eigenvalue weighted by Gasteiger charge is -2.32. The molecule has 0 saturated carbocycles. The predicted octanol–water partition coefficient (Wildman–Crippen LogP) is 3.80. The zero-order chi connectivity index (χ0) is 18.8. The second-order valence-electron chi connectivity index (χ2n) is 7.68. The summed E-state index contributed by atoms with van der Waals surface area (Å²) in [7, 11) is 0. The fraction of sp³-hybridized carbons (Fsp3) is 0.318. The lowest BCUT2D eigenvalue weighted by Crippen LogP contribution is -2.35. The molecule has 6 nitrogen and oxygen atoms in total. The van der Waals surface area contributed by atoms with Crippen molar-refractivity contribution in [2.45, 2.75) is 25.8 Å². The normalized spacial score (nSPS) is 17.9. The fourth-order valence-corrected chi connectivity index (χ4v) is 4.23. The molecule has 6 heteroatoms. The van der Waals surface area contributed by atoms with Crippen LogP contribution >= 0.6 is 0 Å². The van der Waals surface area contributed by atoms with Crippen molar-refractivity contribution in [3.63, 3.8) is 0 Å². The fourth-order valence-electron chi connectivity index (χ4n) is 4.23. The van der Waals surface area contributed by atoms with Crippen molar-refractivity contribution in [3.05, 3.63) is 66.5 Å². The Morgan fingerprint density at radius 2 is 2.11 bits per heavy atom. The van der Waals surface area contributed by atoms with Gasteiger partial charge in [0.2, 0.25) is 0 Å². The van der Waals surface area contributed by atoms with Gasteiger partial charge in [-0.25, -0.2) is 9.97 Å². The van der Waals surface area contributed by atoms with Crippen molar-refractivity contribution in [1.29, 1.82) is 0 Å². The topological polar surface area (TPSA) is 73.5 Å². The molecule has 28 heavy (non-hydrogen) atoms. The molecule has 3 aromatic heterocycles. The minimum Gasteiger partial charge on any atom is -0.361 e. The van der Waals surface area contributed by atoms with Crippen LogP contribution in [0.4, 0.5) is 0 Å². The summed E-state index contributed by atoms with van der Waals surface area (Å²) < 4.78 is 0. The highest BCUT2D eigenvalue weighted by Crippen LogP contribution is 2.23. The average Bonchev–Trinajstić information content (AvgIpc) is 3.40. The zero-order valence-electron chi connectivity index (χ0n) is 15.8. The highest BCUT2D eigenvalue weighted by atomic mass is 15.1. The van der Waals surface area contributed by atoms with Crippen LogP contribution in [0.5, 0.6) is 0 Å². The van der Waals surface area contributed by atoms with E-state index >= 15 is 0 Å². The molecule has 0 radical (unpaired) electrons. The second kappa shape index (κ2) is 7.56. The summed E-state index contributed by atoms with van der Waals surface area (Å²) in [5, 5.41) is 1.27. The summed E-state index contributed by atoms with van der Waals surface area (Å²) in [4.78, 5) is 22.4. The molecule has 1 aliphatic rings. The monoisotopic (exact) mass is 372 g/mol. The van der Waals surface area contributed by atoms with E-state index < -0.39 is 0 Å². The van der Waals surface area contributed by atoms with Crippen LogP contribution in [0.1, 0.15) is 24.1 Å². The van der Waals surface area contributed by atoms with E-state index in [0.29, 0.717) is 5.92 Å². The number of H-pyrrole nitrogens is 2. The highest BCUT2D eigenvalue weighted by molar-refractivity contribution is 5.79. The molecular formula is C22H24N6. The number of aromatic nitrogens is 5. The number of hydrogen-bond acceptors (Lipinski definition) is 4. The summed E-state index contributed by atoms with van der Waals surface area (Å²) in [5.74, 6) is 1.39. The zero-order valence-corrected chi connectivity index (χ0v) is 15.8. The summed E-state index contributed by atoms with van der Waals surface area (Å²) in [6.45, 7) is 3.27. The maximum Gasteiger partial charge on any atom is 0.157 e. The van der Waals surface area contributed by atoms with Gasteiger partial charge in [0.1, 0.15) is 5.69 Å². The van der Waals surface area contributed by atoms with Crippen molar-refractivity contribution in [2.75, 3.05) is 13.1 Å². The Kier molecular flexibility index (Phi) is 4.62. The number of fused-ring (bicyclic) bond motifs is 1. The Morgan fingerprint density at radius 1 is 1.11 bits per heavy atom. The number of benzene rings is 1. The molecule has 4 aromatic rings. The van der Waals surface area contributed by atoms with E-state index in [0.717, 1.165) is 43.3 Å². The Balaban J connectivity index is 1.25. The Bertz CT molecular complexity index is 1050. The summed E-state index contributed by atoms with van der Waals surface area (Å²) in [6.07, 6.45) is 12.7.